The molecule has 0 saturated carbocycles. The second kappa shape index (κ2) is 6.99. The average molecular weight is 388 g/mol. The summed E-state index contributed by atoms with van der Waals surface area (Å²) in [4.78, 5) is 41.7. The molecule has 3 aromatic rings. The van der Waals surface area contributed by atoms with Crippen LogP contribution in [0.15, 0.2) is 34.0 Å². The molecule has 2 aromatic heterocycles. The normalized spacial score (nSPS) is 11.2. The molecule has 146 valence electrons. The number of fused-ring (bicyclic) bond motifs is 1. The molecule has 0 unspecified atom stereocenters. The Hall–Kier alpha value is -3.36. The number of amides is 1. The van der Waals surface area contributed by atoms with Gasteiger partial charge in [0.15, 0.2) is 5.65 Å². The summed E-state index contributed by atoms with van der Waals surface area (Å²) < 4.78 is 30.1. The molecule has 1 N–H and O–H groups in total. The van der Waals surface area contributed by atoms with Crippen LogP contribution in [-0.4, -0.2) is 20.0 Å². The highest BCUT2D eigenvalue weighted by Crippen LogP contribution is 2.29. The van der Waals surface area contributed by atoms with Crippen LogP contribution in [0.3, 0.4) is 0 Å². The third-order valence-electron chi connectivity index (χ3n) is 4.55. The van der Waals surface area contributed by atoms with Crippen LogP contribution in [0.5, 0.6) is 0 Å². The van der Waals surface area contributed by atoms with Crippen molar-refractivity contribution in [3.63, 3.8) is 0 Å². The van der Waals surface area contributed by atoms with Gasteiger partial charge < -0.3 is 5.32 Å². The van der Waals surface area contributed by atoms with E-state index in [0.717, 1.165) is 22.8 Å². The Balaban J connectivity index is 2.33. The van der Waals surface area contributed by atoms with Crippen molar-refractivity contribution in [2.24, 2.45) is 14.1 Å². The molecule has 0 radical (unpaired) electrons. The Morgan fingerprint density at radius 3 is 2.29 bits per heavy atom. The summed E-state index contributed by atoms with van der Waals surface area (Å²) in [6, 6.07) is 3.08. The van der Waals surface area contributed by atoms with Gasteiger partial charge in [-0.15, -0.1) is 0 Å². The van der Waals surface area contributed by atoms with Gasteiger partial charge >= 0.3 is 5.69 Å². The highest BCUT2D eigenvalue weighted by Gasteiger charge is 2.23. The average Bonchev–Trinajstić information content (AvgIpc) is 2.63. The molecule has 3 rings (SSSR count). The molecular formula is C19H18F2N4O3. The number of aromatic nitrogens is 3. The zero-order chi connectivity index (χ0) is 20.7. The SMILES string of the molecule is CC(C)c1cnc2c(c1NC(=O)c1c(F)cccc1F)c(=O)n(C)c(=O)n2C. The van der Waals surface area contributed by atoms with E-state index in [0.29, 0.717) is 5.56 Å². The van der Waals surface area contributed by atoms with Gasteiger partial charge in [0.1, 0.15) is 22.6 Å². The van der Waals surface area contributed by atoms with Gasteiger partial charge in [-0.25, -0.2) is 18.6 Å². The maximum Gasteiger partial charge on any atom is 0.332 e. The second-order valence-electron chi connectivity index (χ2n) is 6.70. The number of anilines is 1. The van der Waals surface area contributed by atoms with Crippen molar-refractivity contribution >= 4 is 22.6 Å². The highest BCUT2D eigenvalue weighted by atomic mass is 19.1. The van der Waals surface area contributed by atoms with Gasteiger partial charge in [-0.1, -0.05) is 19.9 Å². The summed E-state index contributed by atoms with van der Waals surface area (Å²) in [6.07, 6.45) is 1.43. The molecule has 0 aliphatic rings. The number of hydrogen-bond acceptors (Lipinski definition) is 4. The van der Waals surface area contributed by atoms with Gasteiger partial charge in [-0.05, 0) is 23.6 Å². The molecule has 0 aliphatic heterocycles. The Bertz CT molecular complexity index is 1210. The summed E-state index contributed by atoms with van der Waals surface area (Å²) in [5.74, 6) is -3.26. The fourth-order valence-corrected chi connectivity index (χ4v) is 3.01. The number of rotatable bonds is 3. The van der Waals surface area contributed by atoms with Crippen molar-refractivity contribution in [2.45, 2.75) is 19.8 Å². The number of hydrogen-bond donors (Lipinski definition) is 1. The van der Waals surface area contributed by atoms with E-state index in [1.807, 2.05) is 13.8 Å². The number of nitrogens with zero attached hydrogens (tertiary/aromatic N) is 3. The number of nitrogens with one attached hydrogen (secondary N) is 1. The van der Waals surface area contributed by atoms with E-state index in [2.05, 4.69) is 10.3 Å². The van der Waals surface area contributed by atoms with Gasteiger partial charge in [0.2, 0.25) is 0 Å². The van der Waals surface area contributed by atoms with Gasteiger partial charge in [-0.3, -0.25) is 18.7 Å². The van der Waals surface area contributed by atoms with E-state index in [1.165, 1.54) is 24.9 Å². The van der Waals surface area contributed by atoms with E-state index in [-0.39, 0.29) is 22.6 Å². The molecule has 9 heteroatoms. The van der Waals surface area contributed by atoms with Crippen LogP contribution in [0.4, 0.5) is 14.5 Å². The molecule has 0 bridgehead atoms. The second-order valence-corrected chi connectivity index (χ2v) is 6.70. The smallest absolute Gasteiger partial charge is 0.321 e. The van der Waals surface area contributed by atoms with Crippen molar-refractivity contribution in [3.8, 4) is 0 Å². The first-order chi connectivity index (χ1) is 13.1. The van der Waals surface area contributed by atoms with E-state index < -0.39 is 34.4 Å². The lowest BCUT2D eigenvalue weighted by Gasteiger charge is -2.17. The van der Waals surface area contributed by atoms with Gasteiger partial charge in [-0.2, -0.15) is 0 Å². The Kier molecular flexibility index (Phi) is 4.84. The molecule has 0 spiro atoms. The number of aryl methyl sites for hydroxylation is 1. The van der Waals surface area contributed by atoms with Crippen LogP contribution >= 0.6 is 0 Å². The summed E-state index contributed by atoms with van der Waals surface area (Å²) in [7, 11) is 2.74. The lowest BCUT2D eigenvalue weighted by molar-refractivity contribution is 0.101. The lowest BCUT2D eigenvalue weighted by atomic mass is 10.0. The van der Waals surface area contributed by atoms with Crippen molar-refractivity contribution < 1.29 is 13.6 Å². The molecule has 28 heavy (non-hydrogen) atoms. The zero-order valence-electron chi connectivity index (χ0n) is 15.7. The molecule has 0 aliphatic carbocycles. The number of benzene rings is 1. The van der Waals surface area contributed by atoms with Crippen LogP contribution in [0, 0.1) is 11.6 Å². The van der Waals surface area contributed by atoms with Crippen molar-refractivity contribution in [1.82, 2.24) is 14.1 Å². The van der Waals surface area contributed by atoms with E-state index >= 15 is 0 Å². The summed E-state index contributed by atoms with van der Waals surface area (Å²) in [6.45, 7) is 3.63. The molecule has 2 heterocycles. The topological polar surface area (TPSA) is 86.0 Å². The summed E-state index contributed by atoms with van der Waals surface area (Å²) in [5.41, 5.74) is -1.39. The Labute approximate surface area is 158 Å². The number of carbonyl (C=O) groups is 1. The van der Waals surface area contributed by atoms with E-state index in [9.17, 15) is 23.2 Å². The first-order valence-electron chi connectivity index (χ1n) is 8.49. The molecule has 0 saturated heterocycles. The number of halogens is 2. The third kappa shape index (κ3) is 2.98. The monoisotopic (exact) mass is 388 g/mol. The molecule has 1 aromatic carbocycles. The number of pyridine rings is 1. The largest absolute Gasteiger partial charge is 0.332 e. The first-order valence-corrected chi connectivity index (χ1v) is 8.49. The molecular weight excluding hydrogens is 370 g/mol. The van der Waals surface area contributed by atoms with Crippen LogP contribution in [-0.2, 0) is 14.1 Å². The lowest BCUT2D eigenvalue weighted by Crippen LogP contribution is -2.38. The standard InChI is InChI=1S/C19H18F2N4O3/c1-9(2)10-8-22-16-14(18(27)25(4)19(28)24(16)3)15(10)23-17(26)13-11(20)6-5-7-12(13)21/h5-9H,1-4H3,(H,22,23,26). The predicted molar refractivity (Wildman–Crippen MR) is 101 cm³/mol. The molecule has 7 nitrogen and oxygen atoms in total. The zero-order valence-corrected chi connectivity index (χ0v) is 15.7. The van der Waals surface area contributed by atoms with Crippen LogP contribution in [0.1, 0.15) is 35.7 Å². The van der Waals surface area contributed by atoms with Gasteiger partial charge in [0.25, 0.3) is 11.5 Å². The minimum absolute atomic E-state index is 0.0131. The summed E-state index contributed by atoms with van der Waals surface area (Å²) in [5, 5.41) is 2.45. The number of carbonyl (C=O) groups excluding carboxylic acids is 1. The van der Waals surface area contributed by atoms with Gasteiger partial charge in [0, 0.05) is 20.3 Å². The predicted octanol–water partition coefficient (Wildman–Crippen LogP) is 2.29. The molecule has 1 amide bonds. The maximum absolute atomic E-state index is 14.0. The fraction of sp³-hybridized carbons (Fsp3) is 0.263. The maximum atomic E-state index is 14.0. The third-order valence-corrected chi connectivity index (χ3v) is 4.55. The van der Waals surface area contributed by atoms with Crippen LogP contribution in [0.25, 0.3) is 11.0 Å². The minimum atomic E-state index is -1.04. The molecule has 0 fully saturated rings. The fourth-order valence-electron chi connectivity index (χ4n) is 3.01. The quantitative estimate of drug-likeness (QED) is 0.746. The molecule has 0 atom stereocenters. The minimum Gasteiger partial charge on any atom is -0.321 e. The van der Waals surface area contributed by atoms with Crippen molar-refractivity contribution in [3.05, 3.63) is 68.0 Å². The van der Waals surface area contributed by atoms with E-state index in [4.69, 9.17) is 0 Å². The highest BCUT2D eigenvalue weighted by molar-refractivity contribution is 6.09. The van der Waals surface area contributed by atoms with Crippen molar-refractivity contribution in [2.75, 3.05) is 5.32 Å². The van der Waals surface area contributed by atoms with Crippen LogP contribution < -0.4 is 16.6 Å². The summed E-state index contributed by atoms with van der Waals surface area (Å²) >= 11 is 0. The van der Waals surface area contributed by atoms with Crippen molar-refractivity contribution in [1.29, 1.82) is 0 Å². The van der Waals surface area contributed by atoms with E-state index in [1.54, 1.807) is 0 Å². The first kappa shape index (κ1) is 19.4. The Morgan fingerprint density at radius 2 is 1.71 bits per heavy atom. The Morgan fingerprint density at radius 1 is 1.11 bits per heavy atom. The van der Waals surface area contributed by atoms with Gasteiger partial charge in [0.05, 0.1) is 5.69 Å². The van der Waals surface area contributed by atoms with Crippen LogP contribution in [0.2, 0.25) is 0 Å².